The summed E-state index contributed by atoms with van der Waals surface area (Å²) in [5.74, 6) is 0.598. The van der Waals surface area contributed by atoms with Crippen molar-refractivity contribution in [2.24, 2.45) is 11.7 Å². The van der Waals surface area contributed by atoms with Gasteiger partial charge in [0.15, 0.2) is 5.11 Å². The molecule has 1 unspecified atom stereocenters. The van der Waals surface area contributed by atoms with E-state index in [4.69, 9.17) is 33.2 Å². The van der Waals surface area contributed by atoms with Gasteiger partial charge in [-0.2, -0.15) is 0 Å². The standard InChI is InChI=1S/C23H37N5O3S/c1-4-30-21-13-20(24)17(12-19(21)22(25)29)11-18-15-27(9-10-31-18)14-16-5-7-28(8-6-16)23(32)26(2)3/h12-13,16,18H,4-11,14-15,24H2,1-3H3,(H2,25,29). The van der Waals surface area contributed by atoms with Gasteiger partial charge in [-0.25, -0.2) is 0 Å². The van der Waals surface area contributed by atoms with E-state index in [0.29, 0.717) is 42.6 Å². The molecule has 9 heteroatoms. The number of primary amides is 1. The number of hydrogen-bond donors (Lipinski definition) is 2. The van der Waals surface area contributed by atoms with Crippen molar-refractivity contribution in [3.8, 4) is 5.75 Å². The molecule has 32 heavy (non-hydrogen) atoms. The van der Waals surface area contributed by atoms with E-state index in [1.54, 1.807) is 12.1 Å². The lowest BCUT2D eigenvalue weighted by atomic mass is 9.95. The van der Waals surface area contributed by atoms with Gasteiger partial charge in [-0.05, 0) is 49.5 Å². The highest BCUT2D eigenvalue weighted by Gasteiger charge is 2.27. The number of anilines is 1. The number of piperidine rings is 1. The lowest BCUT2D eigenvalue weighted by Crippen LogP contribution is -2.48. The summed E-state index contributed by atoms with van der Waals surface area (Å²) in [7, 11) is 4.01. The number of rotatable bonds is 7. The van der Waals surface area contributed by atoms with Crippen LogP contribution in [0.1, 0.15) is 35.7 Å². The number of ether oxygens (including phenoxy) is 2. The maximum absolute atomic E-state index is 11.9. The second kappa shape index (κ2) is 11.2. The molecular weight excluding hydrogens is 426 g/mol. The number of thiocarbonyl (C=S) groups is 1. The van der Waals surface area contributed by atoms with Crippen LogP contribution in [0.2, 0.25) is 0 Å². The van der Waals surface area contributed by atoms with E-state index in [1.165, 1.54) is 0 Å². The highest BCUT2D eigenvalue weighted by atomic mass is 32.1. The quantitative estimate of drug-likeness (QED) is 0.465. The van der Waals surface area contributed by atoms with Crippen LogP contribution in [0.25, 0.3) is 0 Å². The molecule has 0 radical (unpaired) electrons. The summed E-state index contributed by atoms with van der Waals surface area (Å²) >= 11 is 5.51. The molecule has 2 saturated heterocycles. The summed E-state index contributed by atoms with van der Waals surface area (Å²) in [5.41, 5.74) is 13.7. The molecule has 0 spiro atoms. The van der Waals surface area contributed by atoms with Gasteiger partial charge in [0.25, 0.3) is 5.91 Å². The summed E-state index contributed by atoms with van der Waals surface area (Å²) in [5, 5.41) is 0.929. The Morgan fingerprint density at radius 3 is 2.62 bits per heavy atom. The van der Waals surface area contributed by atoms with E-state index in [2.05, 4.69) is 9.80 Å². The predicted octanol–water partition coefficient (Wildman–Crippen LogP) is 1.57. The molecule has 0 bridgehead atoms. The fourth-order valence-electron chi connectivity index (χ4n) is 4.55. The monoisotopic (exact) mass is 463 g/mol. The van der Waals surface area contributed by atoms with Gasteiger partial charge < -0.3 is 30.7 Å². The van der Waals surface area contributed by atoms with E-state index in [1.807, 2.05) is 25.9 Å². The highest BCUT2D eigenvalue weighted by molar-refractivity contribution is 7.80. The molecule has 178 valence electrons. The normalized spacial score (nSPS) is 20.2. The minimum atomic E-state index is -0.513. The van der Waals surface area contributed by atoms with Crippen molar-refractivity contribution in [2.45, 2.75) is 32.3 Å². The molecule has 2 fully saturated rings. The average Bonchev–Trinajstić information content (AvgIpc) is 2.76. The van der Waals surface area contributed by atoms with Crippen LogP contribution in [0.15, 0.2) is 12.1 Å². The summed E-state index contributed by atoms with van der Waals surface area (Å²) in [4.78, 5) is 18.7. The molecular formula is C23H37N5O3S. The third-order valence-electron chi connectivity index (χ3n) is 6.26. The van der Waals surface area contributed by atoms with Crippen molar-refractivity contribution in [3.63, 3.8) is 0 Å². The van der Waals surface area contributed by atoms with Crippen LogP contribution >= 0.6 is 12.2 Å². The van der Waals surface area contributed by atoms with Gasteiger partial charge in [-0.1, -0.05) is 0 Å². The van der Waals surface area contributed by atoms with Crippen LogP contribution < -0.4 is 16.2 Å². The van der Waals surface area contributed by atoms with Gasteiger partial charge in [-0.3, -0.25) is 9.69 Å². The number of likely N-dealkylation sites (tertiary alicyclic amines) is 1. The summed E-state index contributed by atoms with van der Waals surface area (Å²) in [6.45, 7) is 7.93. The fraction of sp³-hybridized carbons (Fsp3) is 0.652. The van der Waals surface area contributed by atoms with Gasteiger partial charge in [-0.15, -0.1) is 0 Å². The van der Waals surface area contributed by atoms with E-state index in [9.17, 15) is 4.79 Å². The van der Waals surface area contributed by atoms with E-state index < -0.39 is 5.91 Å². The number of benzene rings is 1. The van der Waals surface area contributed by atoms with Gasteiger partial charge >= 0.3 is 0 Å². The molecule has 0 aromatic heterocycles. The first-order valence-corrected chi connectivity index (χ1v) is 11.8. The predicted molar refractivity (Wildman–Crippen MR) is 131 cm³/mol. The van der Waals surface area contributed by atoms with Crippen molar-refractivity contribution in [3.05, 3.63) is 23.3 Å². The molecule has 8 nitrogen and oxygen atoms in total. The molecule has 1 atom stereocenters. The van der Waals surface area contributed by atoms with Crippen molar-refractivity contribution in [1.29, 1.82) is 0 Å². The lowest BCUT2D eigenvalue weighted by molar-refractivity contribution is -0.0340. The van der Waals surface area contributed by atoms with Crippen LogP contribution in [0.3, 0.4) is 0 Å². The molecule has 2 aliphatic heterocycles. The highest BCUT2D eigenvalue weighted by Crippen LogP contribution is 2.28. The second-order valence-corrected chi connectivity index (χ2v) is 9.27. The maximum atomic E-state index is 11.9. The molecule has 2 heterocycles. The lowest BCUT2D eigenvalue weighted by Gasteiger charge is -2.39. The minimum absolute atomic E-state index is 0.0335. The Hall–Kier alpha value is -2.10. The van der Waals surface area contributed by atoms with E-state index >= 15 is 0 Å². The molecule has 0 saturated carbocycles. The Morgan fingerprint density at radius 2 is 2.00 bits per heavy atom. The first-order valence-electron chi connectivity index (χ1n) is 11.4. The first-order chi connectivity index (χ1) is 15.3. The Morgan fingerprint density at radius 1 is 1.28 bits per heavy atom. The third kappa shape index (κ3) is 6.24. The van der Waals surface area contributed by atoms with E-state index in [-0.39, 0.29) is 6.10 Å². The van der Waals surface area contributed by atoms with Crippen LogP contribution in [-0.4, -0.2) is 91.9 Å². The summed E-state index contributed by atoms with van der Waals surface area (Å²) in [6.07, 6.45) is 2.99. The first kappa shape index (κ1) is 24.5. The molecule has 1 aromatic carbocycles. The number of nitrogen functional groups attached to an aromatic ring is 1. The zero-order valence-corrected chi connectivity index (χ0v) is 20.3. The molecule has 1 amide bonds. The summed E-state index contributed by atoms with van der Waals surface area (Å²) < 4.78 is 11.6. The topological polar surface area (TPSA) is 97.3 Å². The Balaban J connectivity index is 1.56. The summed E-state index contributed by atoms with van der Waals surface area (Å²) in [6, 6.07) is 3.46. The smallest absolute Gasteiger partial charge is 0.252 e. The number of amides is 1. The molecule has 2 aliphatic rings. The van der Waals surface area contributed by atoms with Crippen LogP contribution in [0.4, 0.5) is 5.69 Å². The number of carbonyl (C=O) groups excluding carboxylic acids is 1. The number of nitrogens with zero attached hydrogens (tertiary/aromatic N) is 3. The largest absolute Gasteiger partial charge is 0.493 e. The molecule has 0 aliphatic carbocycles. The Kier molecular flexibility index (Phi) is 8.56. The molecule has 1 aromatic rings. The fourth-order valence-corrected chi connectivity index (χ4v) is 4.74. The Labute approximate surface area is 196 Å². The van der Waals surface area contributed by atoms with Gasteiger partial charge in [0, 0.05) is 65.0 Å². The van der Waals surface area contributed by atoms with Gasteiger partial charge in [0.2, 0.25) is 0 Å². The van der Waals surface area contributed by atoms with Crippen LogP contribution in [0, 0.1) is 5.92 Å². The van der Waals surface area contributed by atoms with E-state index in [0.717, 1.165) is 56.2 Å². The SMILES string of the molecule is CCOc1cc(N)c(CC2CN(CC3CCN(C(=S)N(C)C)CC3)CCO2)cc1C(N)=O. The molecule has 4 N–H and O–H groups in total. The zero-order valence-electron chi connectivity index (χ0n) is 19.5. The number of hydrogen-bond acceptors (Lipinski definition) is 6. The minimum Gasteiger partial charge on any atom is -0.493 e. The Bertz CT molecular complexity index is 811. The number of carbonyl (C=O) groups is 1. The number of nitrogens with two attached hydrogens (primary N) is 2. The van der Waals surface area contributed by atoms with Crippen molar-refractivity contribution >= 4 is 28.9 Å². The van der Waals surface area contributed by atoms with Crippen molar-refractivity contribution in [1.82, 2.24) is 14.7 Å². The average molecular weight is 464 g/mol. The zero-order chi connectivity index (χ0) is 23.3. The van der Waals surface area contributed by atoms with Crippen LogP contribution in [-0.2, 0) is 11.2 Å². The third-order valence-corrected chi connectivity index (χ3v) is 6.88. The van der Waals surface area contributed by atoms with Gasteiger partial charge in [0.1, 0.15) is 5.75 Å². The van der Waals surface area contributed by atoms with Crippen molar-refractivity contribution in [2.75, 3.05) is 65.8 Å². The van der Waals surface area contributed by atoms with Crippen molar-refractivity contribution < 1.29 is 14.3 Å². The molecule has 3 rings (SSSR count). The maximum Gasteiger partial charge on any atom is 0.252 e. The second-order valence-electron chi connectivity index (χ2n) is 8.91. The van der Waals surface area contributed by atoms with Crippen LogP contribution in [0.5, 0.6) is 5.75 Å². The number of morpholine rings is 1. The van der Waals surface area contributed by atoms with Gasteiger partial charge in [0.05, 0.1) is 24.9 Å².